The van der Waals surface area contributed by atoms with Crippen molar-refractivity contribution in [2.24, 2.45) is 0 Å². The Bertz CT molecular complexity index is 1070. The van der Waals surface area contributed by atoms with Crippen LogP contribution in [0.3, 0.4) is 0 Å². The Morgan fingerprint density at radius 1 is 1.16 bits per heavy atom. The second kappa shape index (κ2) is 6.38. The average molecular weight is 350 g/mol. The number of thiazole rings is 1. The molecular formula is C19H18N4OS. The van der Waals surface area contributed by atoms with Crippen LogP contribution < -0.4 is 5.56 Å². The smallest absolute Gasteiger partial charge is 0.258 e. The summed E-state index contributed by atoms with van der Waals surface area (Å²) in [5, 5.41) is 1.07. The lowest BCUT2D eigenvalue weighted by Gasteiger charge is -2.22. The van der Waals surface area contributed by atoms with Gasteiger partial charge in [-0.2, -0.15) is 0 Å². The van der Waals surface area contributed by atoms with Crippen LogP contribution in [0.5, 0.6) is 0 Å². The zero-order valence-corrected chi connectivity index (χ0v) is 14.9. The van der Waals surface area contributed by atoms with Crippen molar-refractivity contribution in [2.75, 3.05) is 7.05 Å². The minimum Gasteiger partial charge on any atom is -0.291 e. The Morgan fingerprint density at radius 3 is 2.80 bits per heavy atom. The molecule has 0 aliphatic heterocycles. The second-order valence-electron chi connectivity index (χ2n) is 6.13. The Balaban J connectivity index is 1.60. The molecule has 4 aromatic rings. The molecule has 5 nitrogen and oxygen atoms in total. The summed E-state index contributed by atoms with van der Waals surface area (Å²) >= 11 is 1.71. The largest absolute Gasteiger partial charge is 0.291 e. The van der Waals surface area contributed by atoms with Gasteiger partial charge in [-0.1, -0.05) is 18.2 Å². The van der Waals surface area contributed by atoms with Crippen molar-refractivity contribution >= 4 is 27.2 Å². The van der Waals surface area contributed by atoms with E-state index in [9.17, 15) is 4.79 Å². The first kappa shape index (κ1) is 15.9. The van der Waals surface area contributed by atoms with Crippen LogP contribution >= 0.6 is 11.3 Å². The lowest BCUT2D eigenvalue weighted by atomic mass is 10.2. The molecule has 0 bridgehead atoms. The van der Waals surface area contributed by atoms with Gasteiger partial charge in [0.1, 0.15) is 10.7 Å². The molecule has 0 aliphatic rings. The Labute approximate surface area is 149 Å². The number of fused-ring (bicyclic) bond motifs is 2. The molecule has 0 fully saturated rings. The van der Waals surface area contributed by atoms with Gasteiger partial charge in [0, 0.05) is 18.8 Å². The van der Waals surface area contributed by atoms with Gasteiger partial charge in [-0.05, 0) is 38.2 Å². The third-order valence-corrected chi connectivity index (χ3v) is 5.57. The predicted octanol–water partition coefficient (Wildman–Crippen LogP) is 3.50. The minimum atomic E-state index is -0.0540. The molecule has 0 saturated heterocycles. The Hall–Kier alpha value is -2.57. The van der Waals surface area contributed by atoms with Gasteiger partial charge in [-0.15, -0.1) is 11.3 Å². The van der Waals surface area contributed by atoms with Crippen LogP contribution in [-0.4, -0.2) is 26.3 Å². The molecule has 0 spiro atoms. The number of aromatic nitrogens is 3. The standard InChI is InChI=1S/C19H18N4OS/c1-13(19-21-15-7-3-4-8-16(15)25-19)22(2)12-14-11-18(24)23-10-6-5-9-17(23)20-14/h3-11,13H,12H2,1-2H3. The Kier molecular flexibility index (Phi) is 4.07. The maximum atomic E-state index is 12.2. The third-order valence-electron chi connectivity index (χ3n) is 4.36. The molecule has 0 amide bonds. The minimum absolute atomic E-state index is 0.0540. The quantitative estimate of drug-likeness (QED) is 0.565. The van der Waals surface area contributed by atoms with Crippen molar-refractivity contribution < 1.29 is 0 Å². The van der Waals surface area contributed by atoms with E-state index in [-0.39, 0.29) is 11.6 Å². The fourth-order valence-electron chi connectivity index (χ4n) is 2.83. The van der Waals surface area contributed by atoms with E-state index in [4.69, 9.17) is 4.98 Å². The molecular weight excluding hydrogens is 332 g/mol. The normalized spacial score (nSPS) is 12.9. The lowest BCUT2D eigenvalue weighted by molar-refractivity contribution is 0.250. The van der Waals surface area contributed by atoms with E-state index in [1.807, 2.05) is 43.4 Å². The summed E-state index contributed by atoms with van der Waals surface area (Å²) < 4.78 is 2.75. The van der Waals surface area contributed by atoms with Gasteiger partial charge in [0.25, 0.3) is 5.56 Å². The number of nitrogens with zero attached hydrogens (tertiary/aromatic N) is 4. The van der Waals surface area contributed by atoms with Crippen molar-refractivity contribution in [2.45, 2.75) is 19.5 Å². The van der Waals surface area contributed by atoms with Crippen molar-refractivity contribution in [3.8, 4) is 0 Å². The molecule has 0 N–H and O–H groups in total. The maximum absolute atomic E-state index is 12.2. The molecule has 0 aliphatic carbocycles. The monoisotopic (exact) mass is 350 g/mol. The van der Waals surface area contributed by atoms with Crippen LogP contribution in [0.15, 0.2) is 59.5 Å². The van der Waals surface area contributed by atoms with Gasteiger partial charge in [-0.3, -0.25) is 14.1 Å². The van der Waals surface area contributed by atoms with Crippen molar-refractivity contribution in [3.63, 3.8) is 0 Å². The number of para-hydroxylation sites is 1. The average Bonchev–Trinajstić information content (AvgIpc) is 3.05. The number of hydrogen-bond acceptors (Lipinski definition) is 5. The molecule has 1 unspecified atom stereocenters. The molecule has 3 aromatic heterocycles. The van der Waals surface area contributed by atoms with E-state index < -0.39 is 0 Å². The number of hydrogen-bond donors (Lipinski definition) is 0. The first-order valence-corrected chi connectivity index (χ1v) is 8.96. The van der Waals surface area contributed by atoms with Crippen LogP contribution in [-0.2, 0) is 6.54 Å². The van der Waals surface area contributed by atoms with Crippen LogP contribution in [0.25, 0.3) is 15.9 Å². The maximum Gasteiger partial charge on any atom is 0.258 e. The first-order chi connectivity index (χ1) is 12.1. The highest BCUT2D eigenvalue weighted by Crippen LogP contribution is 2.29. The highest BCUT2D eigenvalue weighted by atomic mass is 32.1. The summed E-state index contributed by atoms with van der Waals surface area (Å²) in [6.45, 7) is 2.73. The molecule has 3 heterocycles. The summed E-state index contributed by atoms with van der Waals surface area (Å²) in [5.41, 5.74) is 2.42. The highest BCUT2D eigenvalue weighted by molar-refractivity contribution is 7.18. The van der Waals surface area contributed by atoms with Gasteiger partial charge >= 0.3 is 0 Å². The second-order valence-corrected chi connectivity index (χ2v) is 7.19. The fourth-order valence-corrected chi connectivity index (χ4v) is 3.92. The van der Waals surface area contributed by atoms with E-state index >= 15 is 0 Å². The van der Waals surface area contributed by atoms with Gasteiger partial charge in [0.2, 0.25) is 0 Å². The van der Waals surface area contributed by atoms with Crippen LogP contribution in [0.4, 0.5) is 0 Å². The number of pyridine rings is 1. The van der Waals surface area contributed by atoms with Gasteiger partial charge in [-0.25, -0.2) is 9.97 Å². The summed E-state index contributed by atoms with van der Waals surface area (Å²) in [5.74, 6) is 0. The van der Waals surface area contributed by atoms with Crippen molar-refractivity contribution in [1.29, 1.82) is 0 Å². The van der Waals surface area contributed by atoms with E-state index in [1.165, 1.54) is 4.70 Å². The molecule has 0 radical (unpaired) electrons. The van der Waals surface area contributed by atoms with E-state index in [2.05, 4.69) is 22.9 Å². The van der Waals surface area contributed by atoms with E-state index in [0.717, 1.165) is 16.2 Å². The fraction of sp³-hybridized carbons (Fsp3) is 0.211. The molecule has 126 valence electrons. The van der Waals surface area contributed by atoms with Crippen LogP contribution in [0.1, 0.15) is 23.7 Å². The zero-order chi connectivity index (χ0) is 17.4. The Morgan fingerprint density at radius 2 is 1.96 bits per heavy atom. The summed E-state index contributed by atoms with van der Waals surface area (Å²) in [7, 11) is 2.03. The van der Waals surface area contributed by atoms with E-state index in [1.54, 1.807) is 28.0 Å². The molecule has 4 rings (SSSR count). The molecule has 1 aromatic carbocycles. The molecule has 1 atom stereocenters. The summed E-state index contributed by atoms with van der Waals surface area (Å²) in [4.78, 5) is 23.7. The van der Waals surface area contributed by atoms with Crippen LogP contribution in [0, 0.1) is 0 Å². The van der Waals surface area contributed by atoms with Gasteiger partial charge in [0.05, 0.1) is 22.0 Å². The van der Waals surface area contributed by atoms with Crippen LogP contribution in [0.2, 0.25) is 0 Å². The summed E-state index contributed by atoms with van der Waals surface area (Å²) in [6.07, 6.45) is 1.74. The topological polar surface area (TPSA) is 50.5 Å². The highest BCUT2D eigenvalue weighted by Gasteiger charge is 2.17. The summed E-state index contributed by atoms with van der Waals surface area (Å²) in [6, 6.07) is 15.5. The molecule has 6 heteroatoms. The number of rotatable bonds is 4. The van der Waals surface area contributed by atoms with Gasteiger partial charge in [0.15, 0.2) is 0 Å². The SMILES string of the molecule is CC(c1nc2ccccc2s1)N(C)Cc1cc(=O)n2ccccc2n1. The zero-order valence-electron chi connectivity index (χ0n) is 14.1. The lowest BCUT2D eigenvalue weighted by Crippen LogP contribution is -2.24. The van der Waals surface area contributed by atoms with E-state index in [0.29, 0.717) is 12.2 Å². The molecule has 25 heavy (non-hydrogen) atoms. The third kappa shape index (κ3) is 3.06. The first-order valence-electron chi connectivity index (χ1n) is 8.15. The van der Waals surface area contributed by atoms with Crippen molar-refractivity contribution in [3.05, 3.63) is 75.8 Å². The molecule has 0 saturated carbocycles. The van der Waals surface area contributed by atoms with Crippen molar-refractivity contribution in [1.82, 2.24) is 19.3 Å². The predicted molar refractivity (Wildman–Crippen MR) is 101 cm³/mol. The van der Waals surface area contributed by atoms with Gasteiger partial charge < -0.3 is 0 Å². The number of benzene rings is 1.